The van der Waals surface area contributed by atoms with E-state index in [1.165, 1.54) is 6.07 Å². The highest BCUT2D eigenvalue weighted by molar-refractivity contribution is 5.81. The first-order chi connectivity index (χ1) is 12.4. The maximum Gasteiger partial charge on any atom is 0.251 e. The number of nitrogens with zero attached hydrogens (tertiary/aromatic N) is 3. The van der Waals surface area contributed by atoms with Gasteiger partial charge >= 0.3 is 0 Å². The maximum atomic E-state index is 12.9. The number of nitrogens with one attached hydrogen (secondary N) is 1. The number of carbonyl (C=O) groups excluding carboxylic acids is 2. The molecule has 2 bridgehead atoms. The summed E-state index contributed by atoms with van der Waals surface area (Å²) in [5.41, 5.74) is 0.732. The first kappa shape index (κ1) is 18.6. The third kappa shape index (κ3) is 3.67. The molecule has 26 heavy (non-hydrogen) atoms. The highest BCUT2D eigenvalue weighted by atomic mass is 16.2. The van der Waals surface area contributed by atoms with Crippen molar-refractivity contribution < 1.29 is 9.59 Å². The van der Waals surface area contributed by atoms with Crippen LogP contribution in [0.25, 0.3) is 0 Å². The molecule has 0 spiro atoms. The predicted molar refractivity (Wildman–Crippen MR) is 99.0 cm³/mol. The van der Waals surface area contributed by atoms with Gasteiger partial charge in [-0.1, -0.05) is 6.07 Å². The highest BCUT2D eigenvalue weighted by Gasteiger charge is 2.44. The Hall–Kier alpha value is -2.15. The summed E-state index contributed by atoms with van der Waals surface area (Å²) in [6.45, 7) is 4.19. The molecule has 0 saturated carbocycles. The third-order valence-electron chi connectivity index (χ3n) is 5.44. The Morgan fingerprint density at radius 2 is 2.04 bits per heavy atom. The van der Waals surface area contributed by atoms with Crippen molar-refractivity contribution in [1.29, 1.82) is 0 Å². The summed E-state index contributed by atoms with van der Waals surface area (Å²) >= 11 is 0. The zero-order chi connectivity index (χ0) is 18.8. The Bertz CT molecular complexity index is 743. The van der Waals surface area contributed by atoms with Crippen molar-refractivity contribution >= 4 is 11.8 Å². The summed E-state index contributed by atoms with van der Waals surface area (Å²) in [4.78, 5) is 41.3. The molecule has 7 heteroatoms. The smallest absolute Gasteiger partial charge is 0.251 e. The number of hydrogen-bond acceptors (Lipinski definition) is 4. The van der Waals surface area contributed by atoms with E-state index < -0.39 is 6.04 Å². The Kier molecular flexibility index (Phi) is 5.46. The Morgan fingerprint density at radius 3 is 2.73 bits per heavy atom. The van der Waals surface area contributed by atoms with E-state index in [4.69, 9.17) is 0 Å². The number of hydrogen-bond donors (Lipinski definition) is 1. The molecule has 3 rings (SSSR count). The van der Waals surface area contributed by atoms with Gasteiger partial charge in [0.25, 0.3) is 5.56 Å². The molecule has 2 aliphatic rings. The first-order valence-corrected chi connectivity index (χ1v) is 9.28. The number of aromatic nitrogens is 1. The number of carbonyl (C=O) groups is 2. The summed E-state index contributed by atoms with van der Waals surface area (Å²) in [5.74, 6) is -0.00725. The van der Waals surface area contributed by atoms with E-state index in [1.54, 1.807) is 17.6 Å². The number of pyridine rings is 1. The zero-order valence-electron chi connectivity index (χ0n) is 15.8. The van der Waals surface area contributed by atoms with Crippen LogP contribution in [-0.2, 0) is 9.59 Å². The molecule has 1 fully saturated rings. The lowest BCUT2D eigenvalue weighted by atomic mass is 9.78. The first-order valence-electron chi connectivity index (χ1n) is 9.28. The molecule has 2 aliphatic heterocycles. The molecule has 2 amide bonds. The van der Waals surface area contributed by atoms with Gasteiger partial charge in [0.15, 0.2) is 0 Å². The molecule has 7 nitrogen and oxygen atoms in total. The van der Waals surface area contributed by atoms with Gasteiger partial charge in [-0.2, -0.15) is 0 Å². The number of rotatable bonds is 5. The minimum atomic E-state index is -0.545. The minimum absolute atomic E-state index is 0.0246. The fraction of sp³-hybridized carbons (Fsp3) is 0.632. The summed E-state index contributed by atoms with van der Waals surface area (Å²) < 4.78 is 1.66. The fourth-order valence-electron chi connectivity index (χ4n) is 4.24. The molecule has 1 aromatic heterocycles. The second-order valence-corrected chi connectivity index (χ2v) is 7.67. The number of likely N-dealkylation sites (tertiary alicyclic amines) is 1. The van der Waals surface area contributed by atoms with E-state index in [1.807, 2.05) is 25.1 Å². The van der Waals surface area contributed by atoms with Gasteiger partial charge in [0, 0.05) is 50.2 Å². The molecule has 1 N–H and O–H groups in total. The van der Waals surface area contributed by atoms with Gasteiger partial charge in [-0.05, 0) is 39.5 Å². The average Bonchev–Trinajstić information content (AvgIpc) is 2.59. The quantitative estimate of drug-likeness (QED) is 0.773. The third-order valence-corrected chi connectivity index (χ3v) is 5.44. The normalized spacial score (nSPS) is 24.3. The fourth-order valence-corrected chi connectivity index (χ4v) is 4.24. The Labute approximate surface area is 154 Å². The molecular formula is C19H28N4O3. The minimum Gasteiger partial charge on any atom is -0.354 e. The van der Waals surface area contributed by atoms with Crippen molar-refractivity contribution in [3.8, 4) is 0 Å². The van der Waals surface area contributed by atoms with Crippen LogP contribution in [0.15, 0.2) is 23.0 Å². The Morgan fingerprint density at radius 1 is 1.27 bits per heavy atom. The van der Waals surface area contributed by atoms with Crippen LogP contribution in [-0.4, -0.2) is 66.5 Å². The molecular weight excluding hydrogens is 332 g/mol. The van der Waals surface area contributed by atoms with Crippen LogP contribution in [0.5, 0.6) is 0 Å². The SMILES string of the molecule is CC(=O)N1C[C@H]2C[C@@H](C1)[C@H](C(=O)NCCCN(C)C)n1c2cccc1=O. The standard InChI is InChI=1S/C19H28N4O3/c1-13(24)22-11-14-10-15(12-22)18(19(26)20-8-5-9-21(2)3)23-16(14)6-4-7-17(23)25/h4,6-7,14-15,18H,5,8-12H2,1-3H3,(H,20,26)/t14-,15+,18-/m1/s1. The van der Waals surface area contributed by atoms with Crippen molar-refractivity contribution in [2.45, 2.75) is 31.7 Å². The summed E-state index contributed by atoms with van der Waals surface area (Å²) in [5, 5.41) is 2.99. The second kappa shape index (κ2) is 7.61. The molecule has 1 saturated heterocycles. The molecule has 0 aromatic carbocycles. The number of piperidine rings is 1. The van der Waals surface area contributed by atoms with Crippen molar-refractivity contribution in [3.63, 3.8) is 0 Å². The van der Waals surface area contributed by atoms with E-state index in [0.717, 1.165) is 25.1 Å². The van der Waals surface area contributed by atoms with Crippen LogP contribution in [0.2, 0.25) is 0 Å². The largest absolute Gasteiger partial charge is 0.354 e. The van der Waals surface area contributed by atoms with Gasteiger partial charge in [0.05, 0.1) is 0 Å². The molecule has 3 heterocycles. The lowest BCUT2D eigenvalue weighted by Gasteiger charge is -2.46. The monoisotopic (exact) mass is 360 g/mol. The molecule has 142 valence electrons. The summed E-state index contributed by atoms with van der Waals surface area (Å²) in [6.07, 6.45) is 1.69. The predicted octanol–water partition coefficient (Wildman–Crippen LogP) is 0.423. The molecule has 0 radical (unpaired) electrons. The zero-order valence-corrected chi connectivity index (χ0v) is 15.8. The van der Waals surface area contributed by atoms with E-state index >= 15 is 0 Å². The van der Waals surface area contributed by atoms with Crippen molar-refractivity contribution in [3.05, 3.63) is 34.2 Å². The van der Waals surface area contributed by atoms with Gasteiger partial charge in [-0.15, -0.1) is 0 Å². The summed E-state index contributed by atoms with van der Waals surface area (Å²) in [6, 6.07) is 4.63. The van der Waals surface area contributed by atoms with Gasteiger partial charge in [0.1, 0.15) is 6.04 Å². The van der Waals surface area contributed by atoms with Crippen LogP contribution < -0.4 is 10.9 Å². The maximum absolute atomic E-state index is 12.9. The van der Waals surface area contributed by atoms with Crippen LogP contribution in [0, 0.1) is 5.92 Å². The highest BCUT2D eigenvalue weighted by Crippen LogP contribution is 2.41. The Balaban J connectivity index is 1.85. The van der Waals surface area contributed by atoms with Crippen LogP contribution >= 0.6 is 0 Å². The number of fused-ring (bicyclic) bond motifs is 4. The van der Waals surface area contributed by atoms with E-state index in [-0.39, 0.29) is 29.2 Å². The van der Waals surface area contributed by atoms with Gasteiger partial charge in [0.2, 0.25) is 11.8 Å². The van der Waals surface area contributed by atoms with Gasteiger partial charge in [-0.25, -0.2) is 0 Å². The van der Waals surface area contributed by atoms with E-state index in [0.29, 0.717) is 19.6 Å². The van der Waals surface area contributed by atoms with E-state index in [2.05, 4.69) is 10.2 Å². The second-order valence-electron chi connectivity index (χ2n) is 7.67. The summed E-state index contributed by atoms with van der Waals surface area (Å²) in [7, 11) is 3.99. The molecule has 0 unspecified atom stereocenters. The lowest BCUT2D eigenvalue weighted by molar-refractivity contribution is -0.135. The van der Waals surface area contributed by atoms with Crippen molar-refractivity contribution in [2.75, 3.05) is 40.3 Å². The lowest BCUT2D eigenvalue weighted by Crippen LogP contribution is -2.54. The average molecular weight is 360 g/mol. The van der Waals surface area contributed by atoms with Crippen molar-refractivity contribution in [1.82, 2.24) is 19.7 Å². The number of amides is 2. The van der Waals surface area contributed by atoms with Crippen molar-refractivity contribution in [2.24, 2.45) is 5.92 Å². The van der Waals surface area contributed by atoms with Gasteiger partial charge < -0.3 is 15.1 Å². The van der Waals surface area contributed by atoms with Gasteiger partial charge in [-0.3, -0.25) is 19.0 Å². The van der Waals surface area contributed by atoms with Crippen LogP contribution in [0.1, 0.15) is 37.4 Å². The van der Waals surface area contributed by atoms with Crippen LogP contribution in [0.3, 0.4) is 0 Å². The van der Waals surface area contributed by atoms with E-state index in [9.17, 15) is 14.4 Å². The molecule has 1 aromatic rings. The molecule has 3 atom stereocenters. The van der Waals surface area contributed by atoms with Crippen LogP contribution in [0.4, 0.5) is 0 Å². The molecule has 0 aliphatic carbocycles. The topological polar surface area (TPSA) is 74.7 Å².